The molecule has 0 saturated carbocycles. The Bertz CT molecular complexity index is 303. The summed E-state index contributed by atoms with van der Waals surface area (Å²) in [6.07, 6.45) is 10.0. The first kappa shape index (κ1) is 9.87. The third-order valence-electron chi connectivity index (χ3n) is 2.60. The van der Waals surface area contributed by atoms with Crippen LogP contribution in [0.2, 0.25) is 0 Å². The highest BCUT2D eigenvalue weighted by Gasteiger charge is 2.09. The molecule has 0 aliphatic heterocycles. The fraction of sp³-hybridized carbons (Fsp3) is 0.545. The minimum Gasteiger partial charge on any atom is -0.324 e. The second-order valence-corrected chi connectivity index (χ2v) is 4.82. The van der Waals surface area contributed by atoms with Crippen LogP contribution in [0.15, 0.2) is 23.2 Å². The predicted octanol–water partition coefficient (Wildman–Crippen LogP) is 2.51. The van der Waals surface area contributed by atoms with Crippen LogP contribution in [0.5, 0.6) is 0 Å². The number of nitrogens with zero attached hydrogens (tertiary/aromatic N) is 1. The molecular weight excluding hydrogens is 192 g/mol. The van der Waals surface area contributed by atoms with E-state index in [-0.39, 0.29) is 6.04 Å². The van der Waals surface area contributed by atoms with Gasteiger partial charge in [0.2, 0.25) is 0 Å². The van der Waals surface area contributed by atoms with Crippen molar-refractivity contribution in [1.82, 2.24) is 4.98 Å². The third-order valence-corrected chi connectivity index (χ3v) is 3.38. The third kappa shape index (κ3) is 2.66. The van der Waals surface area contributed by atoms with Crippen molar-refractivity contribution in [2.24, 2.45) is 5.73 Å². The average Bonchev–Trinajstić information content (AvgIpc) is 2.56. The number of allylic oxidation sites excluding steroid dienone is 1. The first-order valence-corrected chi connectivity index (χ1v) is 6.06. The molecule has 3 heteroatoms. The quantitative estimate of drug-likeness (QED) is 0.758. The monoisotopic (exact) mass is 208 g/mol. The van der Waals surface area contributed by atoms with E-state index in [1.165, 1.54) is 29.8 Å². The van der Waals surface area contributed by atoms with Crippen molar-refractivity contribution in [3.05, 3.63) is 28.2 Å². The van der Waals surface area contributed by atoms with Crippen molar-refractivity contribution in [2.75, 3.05) is 0 Å². The molecule has 0 aromatic carbocycles. The number of hydrogen-bond acceptors (Lipinski definition) is 3. The van der Waals surface area contributed by atoms with Gasteiger partial charge >= 0.3 is 0 Å². The first-order chi connectivity index (χ1) is 6.84. The number of aromatic nitrogens is 1. The Morgan fingerprint density at radius 1 is 1.50 bits per heavy atom. The Labute approximate surface area is 88.9 Å². The lowest BCUT2D eigenvalue weighted by Gasteiger charge is -2.04. The summed E-state index contributed by atoms with van der Waals surface area (Å²) in [5.74, 6) is 0. The van der Waals surface area contributed by atoms with Gasteiger partial charge in [0.15, 0.2) is 0 Å². The van der Waals surface area contributed by atoms with Gasteiger partial charge in [0.05, 0.1) is 5.01 Å². The van der Waals surface area contributed by atoms with E-state index in [0.717, 1.165) is 12.8 Å². The second kappa shape index (κ2) is 4.71. The molecule has 1 aromatic heterocycles. The molecule has 1 aliphatic rings. The number of thiazole rings is 1. The highest BCUT2D eigenvalue weighted by atomic mass is 32.1. The van der Waals surface area contributed by atoms with Crippen LogP contribution < -0.4 is 5.73 Å². The van der Waals surface area contributed by atoms with Crippen molar-refractivity contribution in [2.45, 2.75) is 38.1 Å². The molecule has 2 rings (SSSR count). The van der Waals surface area contributed by atoms with Crippen LogP contribution in [0, 0.1) is 0 Å². The second-order valence-electron chi connectivity index (χ2n) is 3.84. The molecular formula is C11H16N2S. The maximum atomic E-state index is 5.96. The first-order valence-electron chi connectivity index (χ1n) is 5.18. The van der Waals surface area contributed by atoms with E-state index in [4.69, 9.17) is 5.73 Å². The van der Waals surface area contributed by atoms with Gasteiger partial charge in [-0.05, 0) is 19.3 Å². The van der Waals surface area contributed by atoms with Gasteiger partial charge in [-0.2, -0.15) is 0 Å². The summed E-state index contributed by atoms with van der Waals surface area (Å²) in [5.41, 5.74) is 7.44. The molecule has 1 aliphatic carbocycles. The molecule has 0 amide bonds. The Morgan fingerprint density at radius 3 is 3.21 bits per heavy atom. The van der Waals surface area contributed by atoms with Crippen LogP contribution in [0.3, 0.4) is 0 Å². The van der Waals surface area contributed by atoms with Crippen LogP contribution >= 0.6 is 11.3 Å². The SMILES string of the molecule is NC1C=C(Cc2nccs2)CCCC1. The van der Waals surface area contributed by atoms with Gasteiger partial charge in [-0.25, -0.2) is 4.98 Å². The standard InChI is InChI=1S/C11H16N2S/c12-10-4-2-1-3-9(7-10)8-11-13-5-6-14-11/h5-7,10H,1-4,8,12H2. The van der Waals surface area contributed by atoms with Gasteiger partial charge in [-0.3, -0.25) is 0 Å². The summed E-state index contributed by atoms with van der Waals surface area (Å²) >= 11 is 1.73. The minimum atomic E-state index is 0.271. The highest BCUT2D eigenvalue weighted by Crippen LogP contribution is 2.21. The molecule has 76 valence electrons. The zero-order chi connectivity index (χ0) is 9.80. The topological polar surface area (TPSA) is 38.9 Å². The van der Waals surface area contributed by atoms with Crippen LogP contribution in [-0.2, 0) is 6.42 Å². The van der Waals surface area contributed by atoms with E-state index in [2.05, 4.69) is 11.1 Å². The van der Waals surface area contributed by atoms with Crippen molar-refractivity contribution >= 4 is 11.3 Å². The summed E-state index contributed by atoms with van der Waals surface area (Å²) in [6, 6.07) is 0.271. The van der Waals surface area contributed by atoms with E-state index in [1.54, 1.807) is 11.3 Å². The summed E-state index contributed by atoms with van der Waals surface area (Å²) in [6.45, 7) is 0. The number of nitrogens with two attached hydrogens (primary N) is 1. The van der Waals surface area contributed by atoms with E-state index in [0.29, 0.717) is 0 Å². The molecule has 0 fully saturated rings. The van der Waals surface area contributed by atoms with Crippen molar-refractivity contribution < 1.29 is 0 Å². The van der Waals surface area contributed by atoms with Crippen molar-refractivity contribution in [3.8, 4) is 0 Å². The summed E-state index contributed by atoms with van der Waals surface area (Å²) in [4.78, 5) is 4.30. The lowest BCUT2D eigenvalue weighted by Crippen LogP contribution is -2.16. The maximum Gasteiger partial charge on any atom is 0.0965 e. The molecule has 1 heterocycles. The van der Waals surface area contributed by atoms with E-state index < -0.39 is 0 Å². The van der Waals surface area contributed by atoms with Gasteiger partial charge in [0.25, 0.3) is 0 Å². The molecule has 1 unspecified atom stereocenters. The molecule has 1 atom stereocenters. The smallest absolute Gasteiger partial charge is 0.0965 e. The maximum absolute atomic E-state index is 5.96. The van der Waals surface area contributed by atoms with E-state index in [9.17, 15) is 0 Å². The Hall–Kier alpha value is -0.670. The molecule has 2 N–H and O–H groups in total. The van der Waals surface area contributed by atoms with Crippen LogP contribution in [0.25, 0.3) is 0 Å². The molecule has 0 radical (unpaired) electrons. The largest absolute Gasteiger partial charge is 0.324 e. The molecule has 0 bridgehead atoms. The predicted molar refractivity (Wildman–Crippen MR) is 60.3 cm³/mol. The molecule has 2 nitrogen and oxygen atoms in total. The van der Waals surface area contributed by atoms with Crippen molar-refractivity contribution in [1.29, 1.82) is 0 Å². The van der Waals surface area contributed by atoms with Gasteiger partial charge in [-0.15, -0.1) is 11.3 Å². The van der Waals surface area contributed by atoms with Gasteiger partial charge in [0.1, 0.15) is 0 Å². The molecule has 0 spiro atoms. The lowest BCUT2D eigenvalue weighted by molar-refractivity contribution is 0.654. The van der Waals surface area contributed by atoms with E-state index >= 15 is 0 Å². The number of rotatable bonds is 2. The van der Waals surface area contributed by atoms with Gasteiger partial charge < -0.3 is 5.73 Å². The Kier molecular flexibility index (Phi) is 3.32. The van der Waals surface area contributed by atoms with Gasteiger partial charge in [-0.1, -0.05) is 18.1 Å². The molecule has 1 aromatic rings. The van der Waals surface area contributed by atoms with Gasteiger partial charge in [0, 0.05) is 24.0 Å². The summed E-state index contributed by atoms with van der Waals surface area (Å²) < 4.78 is 0. The van der Waals surface area contributed by atoms with Crippen LogP contribution in [-0.4, -0.2) is 11.0 Å². The van der Waals surface area contributed by atoms with Crippen LogP contribution in [0.1, 0.15) is 30.7 Å². The van der Waals surface area contributed by atoms with Crippen molar-refractivity contribution in [3.63, 3.8) is 0 Å². The van der Waals surface area contributed by atoms with Crippen LogP contribution in [0.4, 0.5) is 0 Å². The Morgan fingerprint density at radius 2 is 2.43 bits per heavy atom. The van der Waals surface area contributed by atoms with E-state index in [1.807, 2.05) is 11.6 Å². The highest BCUT2D eigenvalue weighted by molar-refractivity contribution is 7.09. The fourth-order valence-corrected chi connectivity index (χ4v) is 2.55. The number of hydrogen-bond donors (Lipinski definition) is 1. The summed E-state index contributed by atoms with van der Waals surface area (Å²) in [7, 11) is 0. The zero-order valence-corrected chi connectivity index (χ0v) is 9.09. The normalized spacial score (nSPS) is 22.9. The Balaban J connectivity index is 2.02. The molecule has 14 heavy (non-hydrogen) atoms. The summed E-state index contributed by atoms with van der Waals surface area (Å²) in [5, 5.41) is 3.25. The average molecular weight is 208 g/mol. The molecule has 0 saturated heterocycles. The lowest BCUT2D eigenvalue weighted by atomic mass is 10.1. The fourth-order valence-electron chi connectivity index (χ4n) is 1.88. The minimum absolute atomic E-state index is 0.271. The zero-order valence-electron chi connectivity index (χ0n) is 8.28.